The lowest BCUT2D eigenvalue weighted by atomic mass is 10.2. The van der Waals surface area contributed by atoms with E-state index in [1.807, 2.05) is 35.7 Å². The van der Waals surface area contributed by atoms with Gasteiger partial charge in [0.2, 0.25) is 0 Å². The molecule has 3 aromatic rings. The summed E-state index contributed by atoms with van der Waals surface area (Å²) in [5, 5.41) is 15.6. The monoisotopic (exact) mass is 253 g/mol. The molecule has 0 bridgehead atoms. The number of nitrogens with one attached hydrogen (secondary N) is 2. The number of H-pyrrole nitrogens is 1. The van der Waals surface area contributed by atoms with Crippen LogP contribution in [0, 0.1) is 11.3 Å². The summed E-state index contributed by atoms with van der Waals surface area (Å²) in [7, 11) is 0. The summed E-state index contributed by atoms with van der Waals surface area (Å²) in [5.41, 5.74) is 1.67. The normalized spacial score (nSPS) is 10.4. The van der Waals surface area contributed by atoms with Crippen molar-refractivity contribution >= 4 is 28.1 Å². The second kappa shape index (κ2) is 4.55. The molecule has 18 heavy (non-hydrogen) atoms. The van der Waals surface area contributed by atoms with Crippen LogP contribution in [0.4, 0.5) is 5.82 Å². The predicted molar refractivity (Wildman–Crippen MR) is 74.7 cm³/mol. The molecule has 88 valence electrons. The first kappa shape index (κ1) is 10.9. The van der Waals surface area contributed by atoms with Gasteiger partial charge in [0.25, 0.3) is 0 Å². The van der Waals surface area contributed by atoms with Gasteiger partial charge >= 0.3 is 0 Å². The van der Waals surface area contributed by atoms with Crippen molar-refractivity contribution in [3.63, 3.8) is 0 Å². The molecule has 0 spiro atoms. The van der Waals surface area contributed by atoms with Gasteiger partial charge in [0.05, 0.1) is 6.54 Å². The van der Waals surface area contributed by atoms with Gasteiger partial charge in [-0.15, -0.1) is 11.3 Å². The van der Waals surface area contributed by atoms with Crippen molar-refractivity contribution in [1.29, 1.82) is 5.26 Å². The third-order valence-corrected chi connectivity index (χ3v) is 3.71. The van der Waals surface area contributed by atoms with Crippen LogP contribution >= 0.6 is 11.3 Å². The lowest BCUT2D eigenvalue weighted by molar-refractivity contribution is 1.16. The Bertz CT molecular complexity index is 704. The molecule has 0 fully saturated rings. The fourth-order valence-electron chi connectivity index (χ4n) is 1.98. The lowest BCUT2D eigenvalue weighted by Gasteiger charge is -2.01. The molecule has 0 aliphatic rings. The summed E-state index contributed by atoms with van der Waals surface area (Å²) in [4.78, 5) is 4.50. The first-order valence-electron chi connectivity index (χ1n) is 5.65. The zero-order valence-corrected chi connectivity index (χ0v) is 10.4. The van der Waals surface area contributed by atoms with E-state index < -0.39 is 0 Å². The predicted octanol–water partition coefficient (Wildman–Crippen LogP) is 3.71. The number of aromatic nitrogens is 1. The summed E-state index contributed by atoms with van der Waals surface area (Å²) in [6, 6.07) is 14.2. The topological polar surface area (TPSA) is 51.6 Å². The molecule has 2 aromatic heterocycles. The molecule has 0 saturated carbocycles. The number of hydrogen-bond acceptors (Lipinski definition) is 3. The van der Waals surface area contributed by atoms with Crippen LogP contribution in [0.1, 0.15) is 10.4 Å². The van der Waals surface area contributed by atoms with Gasteiger partial charge in [-0.05, 0) is 17.5 Å². The van der Waals surface area contributed by atoms with Crippen molar-refractivity contribution in [2.75, 3.05) is 5.32 Å². The van der Waals surface area contributed by atoms with Gasteiger partial charge < -0.3 is 10.3 Å². The van der Waals surface area contributed by atoms with Crippen LogP contribution in [0.2, 0.25) is 0 Å². The van der Waals surface area contributed by atoms with Gasteiger partial charge in [-0.3, -0.25) is 0 Å². The average Bonchev–Trinajstić information content (AvgIpc) is 3.03. The van der Waals surface area contributed by atoms with Crippen molar-refractivity contribution < 1.29 is 0 Å². The highest BCUT2D eigenvalue weighted by Crippen LogP contribution is 2.25. The Morgan fingerprint density at radius 2 is 2.11 bits per heavy atom. The Balaban J connectivity index is 1.94. The largest absolute Gasteiger partial charge is 0.366 e. The van der Waals surface area contributed by atoms with Crippen LogP contribution < -0.4 is 5.32 Å². The molecule has 0 aliphatic carbocycles. The molecule has 3 nitrogen and oxygen atoms in total. The van der Waals surface area contributed by atoms with Crippen molar-refractivity contribution in [1.82, 2.24) is 4.98 Å². The Hall–Kier alpha value is -2.25. The van der Waals surface area contributed by atoms with Crippen LogP contribution in [0.25, 0.3) is 10.9 Å². The molecule has 4 heteroatoms. The van der Waals surface area contributed by atoms with Gasteiger partial charge in [-0.2, -0.15) is 5.26 Å². The van der Waals surface area contributed by atoms with E-state index in [2.05, 4.69) is 22.4 Å². The quantitative estimate of drug-likeness (QED) is 0.747. The Kier molecular flexibility index (Phi) is 2.75. The zero-order valence-electron chi connectivity index (χ0n) is 9.60. The maximum atomic E-state index is 9.26. The molecule has 0 radical (unpaired) electrons. The smallest absolute Gasteiger partial charge is 0.122 e. The summed E-state index contributed by atoms with van der Waals surface area (Å²) in [5.74, 6) is 0.798. The minimum absolute atomic E-state index is 0.683. The summed E-state index contributed by atoms with van der Waals surface area (Å²) < 4.78 is 0. The van der Waals surface area contributed by atoms with Crippen molar-refractivity contribution in [2.24, 2.45) is 0 Å². The lowest BCUT2D eigenvalue weighted by Crippen LogP contribution is -1.99. The maximum absolute atomic E-state index is 9.26. The van der Waals surface area contributed by atoms with E-state index in [0.717, 1.165) is 23.3 Å². The molecular weight excluding hydrogens is 242 g/mol. The number of fused-ring (bicyclic) bond motifs is 1. The molecule has 0 aliphatic heterocycles. The standard InChI is InChI=1S/C14H11N3S/c15-8-12-11-5-1-2-6-13(11)17-14(12)16-9-10-4-3-7-18-10/h1-7,16-17H,9H2. The van der Waals surface area contributed by atoms with Crippen LogP contribution in [0.5, 0.6) is 0 Å². The fraction of sp³-hybridized carbons (Fsp3) is 0.0714. The van der Waals surface area contributed by atoms with E-state index in [4.69, 9.17) is 0 Å². The zero-order chi connectivity index (χ0) is 12.4. The summed E-state index contributed by atoms with van der Waals surface area (Å²) in [6.45, 7) is 0.735. The highest BCUT2D eigenvalue weighted by molar-refractivity contribution is 7.09. The second-order valence-corrected chi connectivity index (χ2v) is 5.00. The van der Waals surface area contributed by atoms with Crippen LogP contribution in [-0.2, 0) is 6.54 Å². The van der Waals surface area contributed by atoms with E-state index in [-0.39, 0.29) is 0 Å². The van der Waals surface area contributed by atoms with E-state index in [1.54, 1.807) is 11.3 Å². The van der Waals surface area contributed by atoms with Gasteiger partial charge in [0.15, 0.2) is 0 Å². The third-order valence-electron chi connectivity index (χ3n) is 2.84. The van der Waals surface area contributed by atoms with E-state index >= 15 is 0 Å². The van der Waals surface area contributed by atoms with E-state index in [1.165, 1.54) is 4.88 Å². The number of aromatic amines is 1. The molecule has 0 amide bonds. The minimum Gasteiger partial charge on any atom is -0.366 e. The van der Waals surface area contributed by atoms with Crippen LogP contribution in [0.3, 0.4) is 0 Å². The molecular formula is C14H11N3S. The van der Waals surface area contributed by atoms with Crippen LogP contribution in [-0.4, -0.2) is 4.98 Å². The summed E-state index contributed by atoms with van der Waals surface area (Å²) in [6.07, 6.45) is 0. The highest BCUT2D eigenvalue weighted by atomic mass is 32.1. The number of thiophene rings is 1. The highest BCUT2D eigenvalue weighted by Gasteiger charge is 2.10. The Labute approximate surface area is 109 Å². The number of anilines is 1. The third kappa shape index (κ3) is 1.85. The molecule has 2 heterocycles. The summed E-state index contributed by atoms with van der Waals surface area (Å²) >= 11 is 1.70. The van der Waals surface area contributed by atoms with Crippen molar-refractivity contribution in [3.8, 4) is 6.07 Å². The van der Waals surface area contributed by atoms with Gasteiger partial charge in [-0.1, -0.05) is 24.3 Å². The number of para-hydroxylation sites is 1. The van der Waals surface area contributed by atoms with E-state index in [0.29, 0.717) is 5.56 Å². The first-order valence-corrected chi connectivity index (χ1v) is 6.53. The van der Waals surface area contributed by atoms with Gasteiger partial charge in [-0.25, -0.2) is 0 Å². The second-order valence-electron chi connectivity index (χ2n) is 3.97. The van der Waals surface area contributed by atoms with Crippen molar-refractivity contribution in [3.05, 3.63) is 52.2 Å². The molecule has 1 aromatic carbocycles. The van der Waals surface area contributed by atoms with Crippen molar-refractivity contribution in [2.45, 2.75) is 6.54 Å². The molecule has 0 unspecified atom stereocenters. The van der Waals surface area contributed by atoms with Gasteiger partial charge in [0, 0.05) is 15.8 Å². The molecule has 3 rings (SSSR count). The fourth-order valence-corrected chi connectivity index (χ4v) is 2.62. The molecule has 0 saturated heterocycles. The SMILES string of the molecule is N#Cc1c(NCc2cccs2)[nH]c2ccccc12. The Morgan fingerprint density at radius 3 is 2.89 bits per heavy atom. The van der Waals surface area contributed by atoms with E-state index in [9.17, 15) is 5.26 Å². The van der Waals surface area contributed by atoms with Crippen LogP contribution in [0.15, 0.2) is 41.8 Å². The maximum Gasteiger partial charge on any atom is 0.122 e. The first-order chi connectivity index (χ1) is 8.88. The number of nitriles is 1. The molecule has 2 N–H and O–H groups in total. The average molecular weight is 253 g/mol. The number of hydrogen-bond donors (Lipinski definition) is 2. The number of rotatable bonds is 3. The van der Waals surface area contributed by atoms with Gasteiger partial charge in [0.1, 0.15) is 17.5 Å². The Morgan fingerprint density at radius 1 is 1.22 bits per heavy atom. The minimum atomic E-state index is 0.683. The number of nitrogens with zero attached hydrogens (tertiary/aromatic N) is 1. The molecule has 0 atom stereocenters. The number of benzene rings is 1.